The zero-order chi connectivity index (χ0) is 38.8. The quantitative estimate of drug-likeness (QED) is 0.0303. The molecule has 4 atom stereocenters. The molecule has 0 saturated carbocycles. The number of hydrogen-bond acceptors (Lipinski definition) is 12. The van der Waals surface area contributed by atoms with Crippen LogP contribution in [0.25, 0.3) is 0 Å². The van der Waals surface area contributed by atoms with Crippen LogP contribution in [0, 0.1) is 5.41 Å². The Labute approximate surface area is 306 Å². The van der Waals surface area contributed by atoms with E-state index in [1.165, 1.54) is 4.90 Å². The van der Waals surface area contributed by atoms with E-state index in [2.05, 4.69) is 30.3 Å². The molecule has 53 heavy (non-hydrogen) atoms. The molecule has 292 valence electrons. The Hall–Kier alpha value is -4.55. The number of alkyl carbamates (subject to hydrolysis) is 1. The summed E-state index contributed by atoms with van der Waals surface area (Å²) in [7, 11) is -7.42. The largest absolute Gasteiger partial charge is 0.445 e. The number of nitrogens with two attached hydrogens (primary N) is 1. The number of rotatable bonds is 20. The predicted octanol–water partition coefficient (Wildman–Crippen LogP) is 1.62. The summed E-state index contributed by atoms with van der Waals surface area (Å²) in [4.78, 5) is 70.8. The van der Waals surface area contributed by atoms with E-state index in [-0.39, 0.29) is 45.1 Å². The molecule has 3 rings (SSSR count). The summed E-state index contributed by atoms with van der Waals surface area (Å²) in [6.45, 7) is 0.375. The number of aliphatic hydroxyl groups is 1. The van der Waals surface area contributed by atoms with Crippen LogP contribution in [0.4, 0.5) is 15.3 Å². The van der Waals surface area contributed by atoms with Gasteiger partial charge in [-0.05, 0) is 55.4 Å². The first-order valence-electron chi connectivity index (χ1n) is 16.5. The Balaban J connectivity index is 1.51. The van der Waals surface area contributed by atoms with E-state index in [9.17, 15) is 33.4 Å². The number of guanidine groups is 1. The number of benzene rings is 2. The topological polar surface area (TPSA) is 301 Å². The van der Waals surface area contributed by atoms with E-state index < -0.39 is 65.0 Å². The molecule has 4 amide bonds. The fraction of sp³-hybridized carbons (Fsp3) is 0.452. The summed E-state index contributed by atoms with van der Waals surface area (Å²) in [6, 6.07) is 13.6. The molecule has 10 N–H and O–H groups in total. The molecule has 20 nitrogen and oxygen atoms in total. The summed E-state index contributed by atoms with van der Waals surface area (Å²) < 4.78 is 40.9. The first-order chi connectivity index (χ1) is 25.2. The van der Waals surface area contributed by atoms with Gasteiger partial charge in [0, 0.05) is 31.7 Å². The molecule has 22 heteroatoms. The first kappa shape index (κ1) is 42.9. The van der Waals surface area contributed by atoms with E-state index in [0.29, 0.717) is 37.1 Å². The number of ether oxygens (including phenoxy) is 2. The average molecular weight is 786 g/mol. The molecule has 2 aromatic rings. The summed E-state index contributed by atoms with van der Waals surface area (Å²) in [5, 5.41) is 27.9. The third-order valence-corrected chi connectivity index (χ3v) is 8.62. The van der Waals surface area contributed by atoms with Crippen LogP contribution in [-0.2, 0) is 50.5 Å². The molecule has 0 aliphatic carbocycles. The maximum atomic E-state index is 13.4. The maximum absolute atomic E-state index is 13.4. The number of likely N-dealkylation sites (tertiary alicyclic amines) is 1. The van der Waals surface area contributed by atoms with Gasteiger partial charge in [0.05, 0.1) is 0 Å². The third kappa shape index (κ3) is 15.9. The Morgan fingerprint density at radius 3 is 2.19 bits per heavy atom. The minimum absolute atomic E-state index is 0.0485. The number of nitrogens with one attached hydrogen (secondary N) is 5. The molecule has 0 bridgehead atoms. The monoisotopic (exact) mass is 785 g/mol. The number of carbonyl (C=O) groups excluding carboxylic acids is 4. The zero-order valence-electron chi connectivity index (χ0n) is 28.6. The average Bonchev–Trinajstić information content (AvgIpc) is 3.60. The van der Waals surface area contributed by atoms with Crippen LogP contribution in [-0.4, -0.2) is 87.4 Å². The fourth-order valence-electron chi connectivity index (χ4n) is 5.14. The van der Waals surface area contributed by atoms with Crippen molar-refractivity contribution in [2.45, 2.75) is 69.8 Å². The molecule has 0 aromatic heterocycles. The predicted molar refractivity (Wildman–Crippen MR) is 189 cm³/mol. The number of anilines is 1. The minimum Gasteiger partial charge on any atom is -0.445 e. The lowest BCUT2D eigenvalue weighted by Crippen LogP contribution is -2.52. The number of carbonyl (C=O) groups is 4. The highest BCUT2D eigenvalue weighted by Gasteiger charge is 2.37. The van der Waals surface area contributed by atoms with Gasteiger partial charge >= 0.3 is 28.7 Å². The molecule has 0 spiro atoms. The molecular weight excluding hydrogens is 740 g/mol. The van der Waals surface area contributed by atoms with Gasteiger partial charge < -0.3 is 51.4 Å². The van der Waals surface area contributed by atoms with Gasteiger partial charge in [-0.1, -0.05) is 42.5 Å². The van der Waals surface area contributed by atoms with Crippen LogP contribution in [0.15, 0.2) is 54.6 Å². The Kier molecular flexibility index (Phi) is 17.7. The second-order valence-corrected chi connectivity index (χ2v) is 13.1. The smallest absolute Gasteiger partial charge is 0.410 e. The molecule has 1 aliphatic heterocycles. The van der Waals surface area contributed by atoms with Gasteiger partial charge in [-0.25, -0.2) is 9.59 Å². The van der Waals surface area contributed by atoms with Crippen LogP contribution in [0.2, 0.25) is 0 Å². The first-order valence-corrected chi connectivity index (χ1v) is 19.0. The number of hydrogen-bond donors (Lipinski definition) is 9. The van der Waals surface area contributed by atoms with Gasteiger partial charge in [-0.15, -0.1) is 0 Å². The Morgan fingerprint density at radius 2 is 1.55 bits per heavy atom. The normalized spacial score (nSPS) is 16.7. The van der Waals surface area contributed by atoms with E-state index >= 15 is 0 Å². The van der Waals surface area contributed by atoms with Crippen molar-refractivity contribution in [1.82, 2.24) is 20.9 Å². The minimum atomic E-state index is -3.71. The number of amides is 4. The summed E-state index contributed by atoms with van der Waals surface area (Å²) >= 11 is 0. The van der Waals surface area contributed by atoms with Crippen molar-refractivity contribution in [2.24, 2.45) is 5.73 Å². The van der Waals surface area contributed by atoms with Crippen molar-refractivity contribution in [3.8, 4) is 0 Å². The van der Waals surface area contributed by atoms with E-state index in [4.69, 9.17) is 30.4 Å². The van der Waals surface area contributed by atoms with Gasteiger partial charge in [0.1, 0.15) is 25.3 Å². The lowest BCUT2D eigenvalue weighted by atomic mass is 10.1. The van der Waals surface area contributed by atoms with Gasteiger partial charge in [0.25, 0.3) is 5.97 Å². The van der Waals surface area contributed by atoms with Crippen LogP contribution < -0.4 is 27.0 Å². The highest BCUT2D eigenvalue weighted by molar-refractivity contribution is 7.33. The molecule has 2 unspecified atom stereocenters. The SMILES string of the molecule is N=C(N)NCCC[C@H](NC(=O)[C@@H]1CCCN1C(=O)OCc1ccccc1)C(=O)Nc1ccc(COC(=O)NCCCC(O)(O[PH](=O)O)O[PH](=O)O)cc1. The lowest BCUT2D eigenvalue weighted by molar-refractivity contribution is -0.277. The second kappa shape index (κ2) is 21.9. The molecule has 2 aromatic carbocycles. The Bertz CT molecular complexity index is 1570. The van der Waals surface area contributed by atoms with Gasteiger partial charge in [-0.2, -0.15) is 0 Å². The van der Waals surface area contributed by atoms with Crippen molar-refractivity contribution in [3.05, 3.63) is 65.7 Å². The van der Waals surface area contributed by atoms with Crippen molar-refractivity contribution in [1.29, 1.82) is 5.41 Å². The molecule has 1 aliphatic rings. The van der Waals surface area contributed by atoms with Crippen LogP contribution in [0.3, 0.4) is 0 Å². The molecule has 0 radical (unpaired) electrons. The maximum Gasteiger partial charge on any atom is 0.410 e. The zero-order valence-corrected chi connectivity index (χ0v) is 30.6. The summed E-state index contributed by atoms with van der Waals surface area (Å²) in [5.41, 5.74) is 7.08. The standard InChI is InChI=1S/C31H45N7O13P2/c32-28(33)34-16-4-9-24(37-27(40)25-10-5-18-38(25)30(42)49-20-21-7-2-1-3-8-21)26(39)36-23-13-11-22(12-14-23)19-48-29(41)35-17-6-15-31(43,50-52(44)45)51-53(46)47/h1-3,7-8,11-14,24-25,43,52-53H,4-6,9-10,15-20H2,(H,35,41)(H,36,39)(H,37,40)(H,44,45)(H,46,47)(H4,32,33,34)/t24-,25-/m0/s1. The van der Waals surface area contributed by atoms with Crippen LogP contribution in [0.5, 0.6) is 0 Å². The van der Waals surface area contributed by atoms with E-state index in [1.807, 2.05) is 30.3 Å². The third-order valence-electron chi connectivity index (χ3n) is 7.64. The van der Waals surface area contributed by atoms with Crippen molar-refractivity contribution in [2.75, 3.05) is 25.0 Å². The fourth-order valence-corrected chi connectivity index (χ4v) is 6.05. The highest BCUT2D eigenvalue weighted by Crippen LogP contribution is 2.35. The van der Waals surface area contributed by atoms with Gasteiger partial charge in [0.15, 0.2) is 5.96 Å². The van der Waals surface area contributed by atoms with E-state index in [1.54, 1.807) is 24.3 Å². The molecular formula is C31H45N7O13P2. The molecule has 1 fully saturated rings. The lowest BCUT2D eigenvalue weighted by Gasteiger charge is -2.26. The summed E-state index contributed by atoms with van der Waals surface area (Å²) in [6.07, 6.45) is -0.541. The van der Waals surface area contributed by atoms with Gasteiger partial charge in [-0.3, -0.25) is 38.1 Å². The summed E-state index contributed by atoms with van der Waals surface area (Å²) in [5.74, 6) is -4.06. The van der Waals surface area contributed by atoms with Crippen molar-refractivity contribution < 1.29 is 61.7 Å². The highest BCUT2D eigenvalue weighted by atomic mass is 31.1. The second-order valence-electron chi connectivity index (χ2n) is 11.7. The van der Waals surface area contributed by atoms with Crippen molar-refractivity contribution in [3.63, 3.8) is 0 Å². The number of nitrogens with zero attached hydrogens (tertiary/aromatic N) is 1. The van der Waals surface area contributed by atoms with Gasteiger partial charge in [0.2, 0.25) is 11.8 Å². The van der Waals surface area contributed by atoms with E-state index in [0.717, 1.165) is 5.56 Å². The molecule has 1 saturated heterocycles. The van der Waals surface area contributed by atoms with Crippen LogP contribution >= 0.6 is 16.5 Å². The van der Waals surface area contributed by atoms with Crippen molar-refractivity contribution >= 4 is 52.2 Å². The van der Waals surface area contributed by atoms with Crippen LogP contribution in [0.1, 0.15) is 49.7 Å². The Morgan fingerprint density at radius 1 is 0.925 bits per heavy atom. The molecule has 1 heterocycles.